The number of rotatable bonds is 3. The molecule has 0 aliphatic heterocycles. The zero-order valence-corrected chi connectivity index (χ0v) is 15.9. The highest BCUT2D eigenvalue weighted by Gasteiger charge is 2.22. The van der Waals surface area contributed by atoms with E-state index in [-0.39, 0.29) is 16.3 Å². The molecule has 11 heteroatoms. The van der Waals surface area contributed by atoms with Gasteiger partial charge >= 0.3 is 0 Å². The maximum absolute atomic E-state index is 11.8. The van der Waals surface area contributed by atoms with Gasteiger partial charge in [0.05, 0.1) is 10.6 Å². The summed E-state index contributed by atoms with van der Waals surface area (Å²) >= 11 is 0. The van der Waals surface area contributed by atoms with Crippen LogP contribution in [0.1, 0.15) is 5.56 Å². The third kappa shape index (κ3) is 3.14. The van der Waals surface area contributed by atoms with Crippen LogP contribution in [0.15, 0.2) is 58.3 Å². The van der Waals surface area contributed by atoms with Crippen molar-refractivity contribution in [1.29, 1.82) is 0 Å². The van der Waals surface area contributed by atoms with Crippen molar-refractivity contribution in [3.8, 4) is 5.69 Å². The van der Waals surface area contributed by atoms with Crippen molar-refractivity contribution < 1.29 is 25.9 Å². The zero-order valence-electron chi connectivity index (χ0n) is 14.3. The lowest BCUT2D eigenvalue weighted by Gasteiger charge is -2.07. The van der Waals surface area contributed by atoms with Crippen molar-refractivity contribution in [3.63, 3.8) is 0 Å². The molecule has 3 aromatic carbocycles. The van der Waals surface area contributed by atoms with Crippen molar-refractivity contribution in [2.24, 2.45) is 0 Å². The Bertz CT molecular complexity index is 1460. The standard InChI is InChI=1S/C17H13N3O6S2/c1-10-2-4-11(5-3-10)20-18-15-7-6-13-14(17(15)19-20)8-12(27(21,22)23)9-16(13)28(24,25)26/h2-9H,1H3,(H,21,22,23)(H,24,25,26). The van der Waals surface area contributed by atoms with Gasteiger partial charge < -0.3 is 0 Å². The van der Waals surface area contributed by atoms with Crippen molar-refractivity contribution >= 4 is 42.0 Å². The van der Waals surface area contributed by atoms with Crippen LogP contribution in [0.5, 0.6) is 0 Å². The first kappa shape index (κ1) is 18.5. The highest BCUT2D eigenvalue weighted by Crippen LogP contribution is 2.31. The molecule has 0 aliphatic carbocycles. The Balaban J connectivity index is 2.10. The lowest BCUT2D eigenvalue weighted by Crippen LogP contribution is -2.04. The second kappa shape index (κ2) is 6.07. The Morgan fingerprint density at radius 2 is 1.50 bits per heavy atom. The summed E-state index contributed by atoms with van der Waals surface area (Å²) in [7, 11) is -9.49. The van der Waals surface area contributed by atoms with Crippen molar-refractivity contribution in [2.75, 3.05) is 0 Å². The number of nitrogens with zero attached hydrogens (tertiary/aromatic N) is 3. The second-order valence-electron chi connectivity index (χ2n) is 6.22. The van der Waals surface area contributed by atoms with Crippen LogP contribution in [0.25, 0.3) is 27.5 Å². The first-order valence-electron chi connectivity index (χ1n) is 7.90. The third-order valence-electron chi connectivity index (χ3n) is 4.26. The zero-order chi connectivity index (χ0) is 20.3. The van der Waals surface area contributed by atoms with E-state index >= 15 is 0 Å². The topological polar surface area (TPSA) is 139 Å². The van der Waals surface area contributed by atoms with Crippen molar-refractivity contribution in [3.05, 3.63) is 54.1 Å². The molecule has 0 aliphatic rings. The number of fused-ring (bicyclic) bond motifs is 3. The molecular formula is C17H13N3O6S2. The average Bonchev–Trinajstić information content (AvgIpc) is 3.04. The summed E-state index contributed by atoms with van der Waals surface area (Å²) in [6, 6.07) is 12.0. The molecule has 0 bridgehead atoms. The summed E-state index contributed by atoms with van der Waals surface area (Å²) in [5, 5.41) is 8.83. The number of aromatic nitrogens is 3. The maximum Gasteiger partial charge on any atom is 0.295 e. The summed E-state index contributed by atoms with van der Waals surface area (Å²) in [6.07, 6.45) is 0. The SMILES string of the molecule is Cc1ccc(-n2nc3ccc4c(S(=O)(=O)O)cc(S(=O)(=O)O)cc4c3n2)cc1. The van der Waals surface area contributed by atoms with Crippen LogP contribution in [0.3, 0.4) is 0 Å². The lowest BCUT2D eigenvalue weighted by molar-refractivity contribution is 0.482. The van der Waals surface area contributed by atoms with E-state index in [2.05, 4.69) is 10.2 Å². The van der Waals surface area contributed by atoms with Crippen LogP contribution in [-0.4, -0.2) is 40.9 Å². The van der Waals surface area contributed by atoms with Gasteiger partial charge in [0, 0.05) is 10.8 Å². The Labute approximate surface area is 159 Å². The van der Waals surface area contributed by atoms with Crippen LogP contribution in [0.2, 0.25) is 0 Å². The highest BCUT2D eigenvalue weighted by atomic mass is 32.2. The molecule has 0 atom stereocenters. The Hall–Kier alpha value is -2.86. The Kier molecular flexibility index (Phi) is 4.01. The maximum atomic E-state index is 11.8. The first-order valence-corrected chi connectivity index (χ1v) is 10.8. The van der Waals surface area contributed by atoms with Gasteiger partial charge in [-0.25, -0.2) is 0 Å². The average molecular weight is 419 g/mol. The number of aryl methyl sites for hydroxylation is 1. The van der Waals surface area contributed by atoms with Crippen LogP contribution in [-0.2, 0) is 20.2 Å². The highest BCUT2D eigenvalue weighted by molar-refractivity contribution is 7.86. The van der Waals surface area contributed by atoms with Gasteiger partial charge in [-0.3, -0.25) is 9.11 Å². The van der Waals surface area contributed by atoms with Crippen LogP contribution in [0.4, 0.5) is 0 Å². The summed E-state index contributed by atoms with van der Waals surface area (Å²) in [6.45, 7) is 1.93. The Morgan fingerprint density at radius 1 is 0.821 bits per heavy atom. The van der Waals surface area contributed by atoms with Crippen LogP contribution in [0, 0.1) is 6.92 Å². The first-order chi connectivity index (χ1) is 13.0. The predicted octanol–water partition coefficient (Wildman–Crippen LogP) is 2.38. The van der Waals surface area contributed by atoms with Crippen LogP contribution >= 0.6 is 0 Å². The number of benzene rings is 3. The summed E-state index contributed by atoms with van der Waals surface area (Å²) in [5.74, 6) is 0. The predicted molar refractivity (Wildman–Crippen MR) is 101 cm³/mol. The largest absolute Gasteiger partial charge is 0.295 e. The van der Waals surface area contributed by atoms with E-state index in [0.717, 1.165) is 11.6 Å². The van der Waals surface area contributed by atoms with Gasteiger partial charge in [-0.1, -0.05) is 23.8 Å². The van der Waals surface area contributed by atoms with E-state index in [0.29, 0.717) is 17.3 Å². The van der Waals surface area contributed by atoms with Gasteiger partial charge in [0.25, 0.3) is 20.2 Å². The molecule has 144 valence electrons. The van der Waals surface area contributed by atoms with Gasteiger partial charge in [-0.2, -0.15) is 21.6 Å². The monoisotopic (exact) mass is 419 g/mol. The van der Waals surface area contributed by atoms with Crippen molar-refractivity contribution in [2.45, 2.75) is 16.7 Å². The lowest BCUT2D eigenvalue weighted by atomic mass is 10.1. The number of hydrogen-bond donors (Lipinski definition) is 2. The molecule has 0 amide bonds. The van der Waals surface area contributed by atoms with Crippen LogP contribution < -0.4 is 0 Å². The minimum absolute atomic E-state index is 0.0540. The molecule has 0 saturated heterocycles. The smallest absolute Gasteiger partial charge is 0.282 e. The quantitative estimate of drug-likeness (QED) is 0.483. The van der Waals surface area contributed by atoms with Gasteiger partial charge in [0.15, 0.2) is 0 Å². The van der Waals surface area contributed by atoms with E-state index < -0.39 is 30.0 Å². The minimum atomic E-state index is -4.76. The molecule has 28 heavy (non-hydrogen) atoms. The summed E-state index contributed by atoms with van der Waals surface area (Å²) in [5.41, 5.74) is 2.28. The number of hydrogen-bond acceptors (Lipinski definition) is 6. The molecule has 4 rings (SSSR count). The second-order valence-corrected chi connectivity index (χ2v) is 9.04. The summed E-state index contributed by atoms with van der Waals surface area (Å²) < 4.78 is 65.6. The fraction of sp³-hybridized carbons (Fsp3) is 0.0588. The molecule has 1 heterocycles. The van der Waals surface area contributed by atoms with Gasteiger partial charge in [0.2, 0.25) is 0 Å². The van der Waals surface area contributed by atoms with Crippen molar-refractivity contribution in [1.82, 2.24) is 15.0 Å². The van der Waals surface area contributed by atoms with E-state index in [4.69, 9.17) is 0 Å². The van der Waals surface area contributed by atoms with E-state index in [1.807, 2.05) is 19.1 Å². The third-order valence-corrected chi connectivity index (χ3v) is 5.98. The molecule has 9 nitrogen and oxygen atoms in total. The molecular weight excluding hydrogens is 406 g/mol. The van der Waals surface area contributed by atoms with Gasteiger partial charge in [0.1, 0.15) is 15.9 Å². The normalized spacial score (nSPS) is 12.7. The molecule has 0 saturated carbocycles. The fourth-order valence-corrected chi connectivity index (χ4v) is 4.25. The fourth-order valence-electron chi connectivity index (χ4n) is 2.91. The summed E-state index contributed by atoms with van der Waals surface area (Å²) in [4.78, 5) is 0.00553. The van der Waals surface area contributed by atoms with Gasteiger partial charge in [-0.05, 0) is 37.3 Å². The molecule has 4 aromatic rings. The van der Waals surface area contributed by atoms with E-state index in [9.17, 15) is 25.9 Å². The molecule has 0 fully saturated rings. The molecule has 0 radical (unpaired) electrons. The van der Waals surface area contributed by atoms with Gasteiger partial charge in [-0.15, -0.1) is 10.2 Å². The van der Waals surface area contributed by atoms with E-state index in [1.165, 1.54) is 16.9 Å². The molecule has 0 spiro atoms. The molecule has 1 aromatic heterocycles. The Morgan fingerprint density at radius 3 is 2.11 bits per heavy atom. The molecule has 0 unspecified atom stereocenters. The minimum Gasteiger partial charge on any atom is -0.282 e. The molecule has 2 N–H and O–H groups in total. The van der Waals surface area contributed by atoms with E-state index in [1.54, 1.807) is 12.1 Å².